The summed E-state index contributed by atoms with van der Waals surface area (Å²) in [6.45, 7) is 2.25. The maximum atomic E-state index is 9.19. The van der Waals surface area contributed by atoms with Gasteiger partial charge in [-0.15, -0.1) is 0 Å². The van der Waals surface area contributed by atoms with E-state index in [9.17, 15) is 5.11 Å². The number of anilines is 1. The highest BCUT2D eigenvalue weighted by Gasteiger charge is 2.02. The summed E-state index contributed by atoms with van der Waals surface area (Å²) in [7, 11) is 0. The van der Waals surface area contributed by atoms with E-state index in [1.807, 2.05) is 24.3 Å². The quantitative estimate of drug-likeness (QED) is 0.792. The fourth-order valence-electron chi connectivity index (χ4n) is 1.41. The lowest BCUT2D eigenvalue weighted by atomic mass is 10.2. The van der Waals surface area contributed by atoms with Gasteiger partial charge in [-0.05, 0) is 13.0 Å². The monoisotopic (exact) mass is 203 g/mol. The van der Waals surface area contributed by atoms with Crippen molar-refractivity contribution < 1.29 is 5.11 Å². The molecule has 1 unspecified atom stereocenters. The van der Waals surface area contributed by atoms with Crippen LogP contribution >= 0.6 is 0 Å². The van der Waals surface area contributed by atoms with Crippen molar-refractivity contribution in [2.24, 2.45) is 0 Å². The molecule has 1 atom stereocenters. The first kappa shape index (κ1) is 9.86. The summed E-state index contributed by atoms with van der Waals surface area (Å²) in [5.74, 6) is 0. The highest BCUT2D eigenvalue weighted by atomic mass is 16.3. The van der Waals surface area contributed by atoms with Crippen LogP contribution < -0.4 is 5.32 Å². The van der Waals surface area contributed by atoms with Crippen molar-refractivity contribution in [1.82, 2.24) is 10.2 Å². The summed E-state index contributed by atoms with van der Waals surface area (Å²) in [5, 5.41) is 21.3. The molecule has 2 N–H and O–H groups in total. The minimum atomic E-state index is -0.378. The van der Waals surface area contributed by atoms with Crippen LogP contribution in [-0.2, 0) is 0 Å². The van der Waals surface area contributed by atoms with Crippen LogP contribution in [0.1, 0.15) is 6.92 Å². The summed E-state index contributed by atoms with van der Waals surface area (Å²) in [6, 6.07) is 7.78. The molecular weight excluding hydrogens is 190 g/mol. The fourth-order valence-corrected chi connectivity index (χ4v) is 1.41. The molecule has 2 rings (SSSR count). The maximum absolute atomic E-state index is 9.19. The van der Waals surface area contributed by atoms with Gasteiger partial charge < -0.3 is 10.4 Å². The molecule has 15 heavy (non-hydrogen) atoms. The first-order valence-corrected chi connectivity index (χ1v) is 4.90. The Labute approximate surface area is 88.0 Å². The standard InChI is InChI=1S/C11H13N3O/c1-8(15)6-12-11-7-13-14-10-5-3-2-4-9(10)11/h2-5,7-8,15H,6H2,1H3,(H,12,14). The Kier molecular flexibility index (Phi) is 2.78. The van der Waals surface area contributed by atoms with E-state index in [1.54, 1.807) is 13.1 Å². The van der Waals surface area contributed by atoms with E-state index < -0.39 is 0 Å². The molecule has 0 radical (unpaired) electrons. The topological polar surface area (TPSA) is 58.0 Å². The SMILES string of the molecule is CC(O)CNc1cnnc2ccccc12. The lowest BCUT2D eigenvalue weighted by molar-refractivity contribution is 0.208. The smallest absolute Gasteiger partial charge is 0.0950 e. The molecule has 78 valence electrons. The Balaban J connectivity index is 2.34. The van der Waals surface area contributed by atoms with Crippen LogP contribution in [0.2, 0.25) is 0 Å². The average molecular weight is 203 g/mol. The zero-order chi connectivity index (χ0) is 10.7. The zero-order valence-corrected chi connectivity index (χ0v) is 8.51. The summed E-state index contributed by atoms with van der Waals surface area (Å²) >= 11 is 0. The molecule has 0 fully saturated rings. The van der Waals surface area contributed by atoms with Gasteiger partial charge in [-0.25, -0.2) is 0 Å². The van der Waals surface area contributed by atoms with Crippen LogP contribution in [0.4, 0.5) is 5.69 Å². The molecule has 1 heterocycles. The van der Waals surface area contributed by atoms with Gasteiger partial charge in [0.2, 0.25) is 0 Å². The van der Waals surface area contributed by atoms with Gasteiger partial charge in [0.05, 0.1) is 23.5 Å². The predicted molar refractivity (Wildman–Crippen MR) is 59.7 cm³/mol. The first-order chi connectivity index (χ1) is 7.27. The van der Waals surface area contributed by atoms with Gasteiger partial charge in [0, 0.05) is 11.9 Å². The van der Waals surface area contributed by atoms with Crippen molar-refractivity contribution in [2.75, 3.05) is 11.9 Å². The van der Waals surface area contributed by atoms with E-state index in [4.69, 9.17) is 0 Å². The van der Waals surface area contributed by atoms with Crippen LogP contribution in [0, 0.1) is 0 Å². The van der Waals surface area contributed by atoms with Crippen molar-refractivity contribution in [3.8, 4) is 0 Å². The number of rotatable bonds is 3. The van der Waals surface area contributed by atoms with Crippen LogP contribution in [-0.4, -0.2) is 28.0 Å². The molecule has 1 aromatic carbocycles. The molecule has 0 saturated heterocycles. The van der Waals surface area contributed by atoms with Gasteiger partial charge in [0.1, 0.15) is 0 Å². The second-order valence-corrected chi connectivity index (χ2v) is 3.51. The van der Waals surface area contributed by atoms with E-state index in [1.165, 1.54) is 0 Å². The second-order valence-electron chi connectivity index (χ2n) is 3.51. The molecular formula is C11H13N3O. The van der Waals surface area contributed by atoms with Crippen molar-refractivity contribution in [1.29, 1.82) is 0 Å². The van der Waals surface area contributed by atoms with Crippen molar-refractivity contribution in [2.45, 2.75) is 13.0 Å². The molecule has 0 spiro atoms. The normalized spacial score (nSPS) is 12.7. The molecule has 1 aromatic heterocycles. The van der Waals surface area contributed by atoms with Crippen LogP contribution in [0.25, 0.3) is 10.9 Å². The number of aliphatic hydroxyl groups is 1. The number of fused-ring (bicyclic) bond motifs is 1. The molecule has 4 heteroatoms. The van der Waals surface area contributed by atoms with Gasteiger partial charge >= 0.3 is 0 Å². The fraction of sp³-hybridized carbons (Fsp3) is 0.273. The second kappa shape index (κ2) is 4.23. The first-order valence-electron chi connectivity index (χ1n) is 4.90. The maximum Gasteiger partial charge on any atom is 0.0950 e. The van der Waals surface area contributed by atoms with Gasteiger partial charge in [-0.3, -0.25) is 0 Å². The number of aromatic nitrogens is 2. The molecule has 0 saturated carbocycles. The summed E-state index contributed by atoms with van der Waals surface area (Å²) in [5.41, 5.74) is 1.76. The van der Waals surface area contributed by atoms with Gasteiger partial charge in [0.25, 0.3) is 0 Å². The third-order valence-corrected chi connectivity index (χ3v) is 2.13. The molecule has 0 amide bonds. The van der Waals surface area contributed by atoms with E-state index in [0.717, 1.165) is 16.6 Å². The Bertz CT molecular complexity index is 451. The minimum absolute atomic E-state index is 0.378. The summed E-state index contributed by atoms with van der Waals surface area (Å²) in [4.78, 5) is 0. The molecule has 0 bridgehead atoms. The number of hydrogen-bond acceptors (Lipinski definition) is 4. The number of nitrogens with one attached hydrogen (secondary N) is 1. The Hall–Kier alpha value is -1.68. The number of aliphatic hydroxyl groups excluding tert-OH is 1. The van der Waals surface area contributed by atoms with E-state index in [0.29, 0.717) is 6.54 Å². The van der Waals surface area contributed by atoms with Crippen LogP contribution in [0.3, 0.4) is 0 Å². The average Bonchev–Trinajstić information content (AvgIpc) is 2.26. The highest BCUT2D eigenvalue weighted by Crippen LogP contribution is 2.19. The summed E-state index contributed by atoms with van der Waals surface area (Å²) in [6.07, 6.45) is 1.29. The van der Waals surface area contributed by atoms with E-state index >= 15 is 0 Å². The van der Waals surface area contributed by atoms with Gasteiger partial charge in [0.15, 0.2) is 0 Å². The number of hydrogen-bond donors (Lipinski definition) is 2. The molecule has 0 aliphatic heterocycles. The number of benzene rings is 1. The van der Waals surface area contributed by atoms with E-state index in [-0.39, 0.29) is 6.10 Å². The molecule has 0 aliphatic carbocycles. The van der Waals surface area contributed by atoms with Gasteiger partial charge in [-0.1, -0.05) is 18.2 Å². The largest absolute Gasteiger partial charge is 0.392 e. The van der Waals surface area contributed by atoms with Crippen molar-refractivity contribution in [3.63, 3.8) is 0 Å². The zero-order valence-electron chi connectivity index (χ0n) is 8.51. The Morgan fingerprint density at radius 1 is 1.40 bits per heavy atom. The predicted octanol–water partition coefficient (Wildman–Crippen LogP) is 1.42. The molecule has 0 aliphatic rings. The van der Waals surface area contributed by atoms with Crippen LogP contribution in [0.15, 0.2) is 30.5 Å². The Morgan fingerprint density at radius 2 is 2.20 bits per heavy atom. The molecule has 2 aromatic rings. The molecule has 4 nitrogen and oxygen atoms in total. The van der Waals surface area contributed by atoms with E-state index in [2.05, 4.69) is 15.5 Å². The van der Waals surface area contributed by atoms with Crippen molar-refractivity contribution >= 4 is 16.6 Å². The lowest BCUT2D eigenvalue weighted by Gasteiger charge is -2.09. The van der Waals surface area contributed by atoms with Gasteiger partial charge in [-0.2, -0.15) is 10.2 Å². The highest BCUT2D eigenvalue weighted by molar-refractivity contribution is 5.90. The Morgan fingerprint density at radius 3 is 3.00 bits per heavy atom. The number of nitrogens with zero attached hydrogens (tertiary/aromatic N) is 2. The third kappa shape index (κ3) is 2.22. The summed E-state index contributed by atoms with van der Waals surface area (Å²) < 4.78 is 0. The lowest BCUT2D eigenvalue weighted by Crippen LogP contribution is -2.15. The van der Waals surface area contributed by atoms with Crippen LogP contribution in [0.5, 0.6) is 0 Å². The minimum Gasteiger partial charge on any atom is -0.392 e. The third-order valence-electron chi connectivity index (χ3n) is 2.13. The van der Waals surface area contributed by atoms with Crippen molar-refractivity contribution in [3.05, 3.63) is 30.5 Å².